The van der Waals surface area contributed by atoms with Crippen molar-refractivity contribution in [2.75, 3.05) is 12.4 Å². The number of hydrogen-bond acceptors (Lipinski definition) is 1. The van der Waals surface area contributed by atoms with Gasteiger partial charge in [-0.05, 0) is 36.6 Å². The molecule has 0 amide bonds. The largest absolute Gasteiger partial charge is 0.388 e. The topological polar surface area (TPSA) is 12.0 Å². The molecular weight excluding hydrogens is 158 g/mol. The second-order valence-electron chi connectivity index (χ2n) is 2.74. The molecule has 0 radical (unpaired) electrons. The molecule has 1 nitrogen and oxygen atoms in total. The van der Waals surface area contributed by atoms with E-state index in [0.717, 1.165) is 6.42 Å². The smallest absolute Gasteiger partial charge is 0.0340 e. The third-order valence-corrected chi connectivity index (χ3v) is 2.01. The Hall–Kier alpha value is -0.980. The maximum atomic E-state index is 3.12. The van der Waals surface area contributed by atoms with Gasteiger partial charge in [-0.25, -0.2) is 0 Å². The van der Waals surface area contributed by atoms with Crippen LogP contribution in [-0.4, -0.2) is 7.05 Å². The molecular formula is C12H21N. The molecule has 0 saturated carbocycles. The van der Waals surface area contributed by atoms with Crippen LogP contribution in [0.5, 0.6) is 0 Å². The van der Waals surface area contributed by atoms with E-state index in [1.807, 2.05) is 20.9 Å². The van der Waals surface area contributed by atoms with E-state index >= 15 is 0 Å². The molecule has 1 N–H and O–H groups in total. The monoisotopic (exact) mass is 179 g/mol. The summed E-state index contributed by atoms with van der Waals surface area (Å²) in [5.74, 6) is 0. The Kier molecular flexibility index (Phi) is 6.03. The maximum Gasteiger partial charge on any atom is 0.0340 e. The van der Waals surface area contributed by atoms with Gasteiger partial charge in [-0.15, -0.1) is 0 Å². The first kappa shape index (κ1) is 12.0. The molecule has 1 heteroatoms. The summed E-state index contributed by atoms with van der Waals surface area (Å²) in [6, 6.07) is 6.48. The Morgan fingerprint density at radius 1 is 1.23 bits per heavy atom. The minimum absolute atomic E-state index is 1.12. The first-order valence-corrected chi connectivity index (χ1v) is 5.05. The van der Waals surface area contributed by atoms with E-state index in [-0.39, 0.29) is 0 Å². The number of aryl methyl sites for hydroxylation is 2. The van der Waals surface area contributed by atoms with Gasteiger partial charge in [0.1, 0.15) is 0 Å². The van der Waals surface area contributed by atoms with Crippen LogP contribution in [0.2, 0.25) is 0 Å². The summed E-state index contributed by atoms with van der Waals surface area (Å²) in [6.45, 7) is 8.33. The van der Waals surface area contributed by atoms with E-state index < -0.39 is 0 Å². The highest BCUT2D eigenvalue weighted by molar-refractivity contribution is 5.47. The van der Waals surface area contributed by atoms with Crippen molar-refractivity contribution in [2.45, 2.75) is 34.1 Å². The zero-order chi connectivity index (χ0) is 10.3. The van der Waals surface area contributed by atoms with Gasteiger partial charge in [0.2, 0.25) is 0 Å². The highest BCUT2D eigenvalue weighted by atomic mass is 14.8. The minimum Gasteiger partial charge on any atom is -0.388 e. The van der Waals surface area contributed by atoms with E-state index in [1.54, 1.807) is 0 Å². The van der Waals surface area contributed by atoms with Crippen LogP contribution >= 0.6 is 0 Å². The Labute approximate surface area is 82.2 Å². The lowest BCUT2D eigenvalue weighted by atomic mass is 10.1. The van der Waals surface area contributed by atoms with E-state index in [2.05, 4.69) is 37.4 Å². The zero-order valence-electron chi connectivity index (χ0n) is 9.44. The molecule has 0 atom stereocenters. The molecule has 0 bridgehead atoms. The molecule has 0 heterocycles. The number of benzene rings is 1. The predicted molar refractivity (Wildman–Crippen MR) is 61.5 cm³/mol. The normalized spacial score (nSPS) is 8.69. The van der Waals surface area contributed by atoms with Crippen LogP contribution in [0.1, 0.15) is 31.9 Å². The summed E-state index contributed by atoms with van der Waals surface area (Å²) < 4.78 is 0. The summed E-state index contributed by atoms with van der Waals surface area (Å²) in [5, 5.41) is 3.12. The quantitative estimate of drug-likeness (QED) is 0.731. The number of rotatable bonds is 2. The van der Waals surface area contributed by atoms with Gasteiger partial charge in [-0.2, -0.15) is 0 Å². The minimum atomic E-state index is 1.12. The Balaban J connectivity index is 0.000000671. The Morgan fingerprint density at radius 3 is 2.23 bits per heavy atom. The van der Waals surface area contributed by atoms with Gasteiger partial charge >= 0.3 is 0 Å². The molecule has 0 aliphatic heterocycles. The first-order chi connectivity index (χ1) is 6.27. The van der Waals surface area contributed by atoms with Crippen molar-refractivity contribution in [3.05, 3.63) is 29.3 Å². The molecule has 1 aromatic rings. The van der Waals surface area contributed by atoms with Crippen molar-refractivity contribution >= 4 is 5.69 Å². The summed E-state index contributed by atoms with van der Waals surface area (Å²) >= 11 is 0. The lowest BCUT2D eigenvalue weighted by Crippen LogP contribution is -1.91. The standard InChI is InChI=1S/C10H15N.C2H6/c1-4-9-5-6-10(11-3)7-8(9)2;1-2/h5-7,11H,4H2,1-3H3;1-2H3. The van der Waals surface area contributed by atoms with Gasteiger partial charge in [0.15, 0.2) is 0 Å². The third kappa shape index (κ3) is 3.49. The third-order valence-electron chi connectivity index (χ3n) is 2.01. The average molecular weight is 179 g/mol. The fourth-order valence-corrected chi connectivity index (χ4v) is 1.25. The van der Waals surface area contributed by atoms with Crippen LogP contribution in [0.15, 0.2) is 18.2 Å². The molecule has 1 rings (SSSR count). The van der Waals surface area contributed by atoms with Crippen LogP contribution in [0.3, 0.4) is 0 Å². The average Bonchev–Trinajstić information content (AvgIpc) is 2.20. The van der Waals surface area contributed by atoms with Crippen molar-refractivity contribution < 1.29 is 0 Å². The van der Waals surface area contributed by atoms with E-state index in [9.17, 15) is 0 Å². The lowest BCUT2D eigenvalue weighted by molar-refractivity contribution is 1.11. The molecule has 0 aliphatic carbocycles. The van der Waals surface area contributed by atoms with Crippen molar-refractivity contribution in [2.24, 2.45) is 0 Å². The second kappa shape index (κ2) is 6.53. The highest BCUT2D eigenvalue weighted by Gasteiger charge is 1.95. The lowest BCUT2D eigenvalue weighted by Gasteiger charge is -2.05. The van der Waals surface area contributed by atoms with Gasteiger partial charge in [0.05, 0.1) is 0 Å². The zero-order valence-corrected chi connectivity index (χ0v) is 9.44. The van der Waals surface area contributed by atoms with Gasteiger partial charge in [0, 0.05) is 12.7 Å². The summed E-state index contributed by atoms with van der Waals surface area (Å²) in [7, 11) is 1.94. The maximum absolute atomic E-state index is 3.12. The van der Waals surface area contributed by atoms with Crippen molar-refractivity contribution in [3.8, 4) is 0 Å². The molecule has 0 aliphatic rings. The summed E-state index contributed by atoms with van der Waals surface area (Å²) in [6.07, 6.45) is 1.12. The predicted octanol–water partition coefficient (Wildman–Crippen LogP) is 3.63. The van der Waals surface area contributed by atoms with Crippen LogP contribution < -0.4 is 5.32 Å². The Morgan fingerprint density at radius 2 is 1.85 bits per heavy atom. The Bertz CT molecular complexity index is 241. The number of hydrogen-bond donors (Lipinski definition) is 1. The molecule has 1 aromatic carbocycles. The van der Waals surface area contributed by atoms with Gasteiger partial charge < -0.3 is 5.32 Å². The number of anilines is 1. The van der Waals surface area contributed by atoms with Crippen LogP contribution in [0, 0.1) is 6.92 Å². The molecule has 0 unspecified atom stereocenters. The van der Waals surface area contributed by atoms with E-state index in [0.29, 0.717) is 0 Å². The molecule has 0 saturated heterocycles. The van der Waals surface area contributed by atoms with Gasteiger partial charge in [-0.3, -0.25) is 0 Å². The molecule has 13 heavy (non-hydrogen) atoms. The first-order valence-electron chi connectivity index (χ1n) is 5.05. The van der Waals surface area contributed by atoms with Gasteiger partial charge in [0.25, 0.3) is 0 Å². The molecule has 0 spiro atoms. The molecule has 0 aromatic heterocycles. The summed E-state index contributed by atoms with van der Waals surface area (Å²) in [4.78, 5) is 0. The van der Waals surface area contributed by atoms with Crippen LogP contribution in [0.4, 0.5) is 5.69 Å². The van der Waals surface area contributed by atoms with Crippen molar-refractivity contribution in [3.63, 3.8) is 0 Å². The molecule has 74 valence electrons. The van der Waals surface area contributed by atoms with Crippen LogP contribution in [-0.2, 0) is 6.42 Å². The highest BCUT2D eigenvalue weighted by Crippen LogP contribution is 2.14. The van der Waals surface area contributed by atoms with E-state index in [1.165, 1.54) is 16.8 Å². The van der Waals surface area contributed by atoms with Crippen molar-refractivity contribution in [1.29, 1.82) is 0 Å². The van der Waals surface area contributed by atoms with Crippen molar-refractivity contribution in [1.82, 2.24) is 0 Å². The fourth-order valence-electron chi connectivity index (χ4n) is 1.25. The second-order valence-corrected chi connectivity index (χ2v) is 2.74. The fraction of sp³-hybridized carbons (Fsp3) is 0.500. The number of nitrogens with one attached hydrogen (secondary N) is 1. The molecule has 0 fully saturated rings. The van der Waals surface area contributed by atoms with Gasteiger partial charge in [-0.1, -0.05) is 26.8 Å². The summed E-state index contributed by atoms with van der Waals surface area (Å²) in [5.41, 5.74) is 4.00. The van der Waals surface area contributed by atoms with Crippen LogP contribution in [0.25, 0.3) is 0 Å². The SMILES string of the molecule is CC.CCc1ccc(NC)cc1C. The van der Waals surface area contributed by atoms with E-state index in [4.69, 9.17) is 0 Å².